The molecule has 0 bridgehead atoms. The number of carboxylic acid groups (broad SMARTS) is 6. The number of carboxylic acids is 6. The van der Waals surface area contributed by atoms with E-state index >= 15 is 0 Å². The zero-order valence-corrected chi connectivity index (χ0v) is 15.8. The molecule has 0 spiro atoms. The first-order chi connectivity index (χ1) is 10.9. The van der Waals surface area contributed by atoms with Crippen molar-refractivity contribution in [2.45, 2.75) is 0 Å². The van der Waals surface area contributed by atoms with Gasteiger partial charge in [0, 0.05) is 0 Å². The van der Waals surface area contributed by atoms with Crippen LogP contribution in [0.1, 0.15) is 0 Å². The van der Waals surface area contributed by atoms with E-state index in [0.717, 1.165) is 0 Å². The molecule has 0 aromatic rings. The molecule has 0 aromatic carbocycles. The third kappa shape index (κ3) is 78.8. The van der Waals surface area contributed by atoms with E-state index in [-0.39, 0.29) is 35.5 Å². The minimum absolute atomic E-state index is 0. The molecule has 0 aliphatic heterocycles. The maximum atomic E-state index is 9.41. The van der Waals surface area contributed by atoms with E-state index in [9.17, 15) is 59.4 Å². The summed E-state index contributed by atoms with van der Waals surface area (Å²) in [5.41, 5.74) is 0. The van der Waals surface area contributed by atoms with Gasteiger partial charge in [-0.25, -0.2) is 0 Å². The molecule has 0 fully saturated rings. The van der Waals surface area contributed by atoms with Crippen LogP contribution in [0.15, 0.2) is 36.5 Å². The van der Waals surface area contributed by atoms with Crippen molar-refractivity contribution >= 4 is 35.8 Å². The Kier molecular flexibility index (Phi) is 44.5. The normalized spacial score (nSPS) is 8.14. The Labute approximate surface area is 167 Å². The quantitative estimate of drug-likeness (QED) is 0.250. The van der Waals surface area contributed by atoms with Gasteiger partial charge in [0.1, 0.15) is 0 Å². The van der Waals surface area contributed by atoms with Crippen LogP contribution in [-0.2, 0) is 45.8 Å². The minimum atomic E-state index is -1.55. The molecule has 161 valence electrons. The number of quaternary nitrogens is 3. The first-order valence-electron chi connectivity index (χ1n) is 5.18. The molecule has 28 heavy (non-hydrogen) atoms. The monoisotopic (exact) mass is 452 g/mol. The molecule has 15 nitrogen and oxygen atoms in total. The summed E-state index contributed by atoms with van der Waals surface area (Å²) in [5.74, 6) is -9.28. The van der Waals surface area contributed by atoms with Gasteiger partial charge in [-0.05, 0) is 36.5 Å². The van der Waals surface area contributed by atoms with Crippen LogP contribution in [0.2, 0.25) is 0 Å². The SMILES string of the molecule is O=C([O-])/C=C/C(=O)[O-].O=C([O-])/C=C/C(=O)[O-].O=C([O-])/C=C/C(=O)[O-].[Fe+3].[NH4+].[NH4+].[NH4+]. The molecular weight excluding hydrogens is 434 g/mol. The molecule has 0 amide bonds. The van der Waals surface area contributed by atoms with E-state index in [2.05, 4.69) is 0 Å². The van der Waals surface area contributed by atoms with Crippen LogP contribution >= 0.6 is 0 Å². The summed E-state index contributed by atoms with van der Waals surface area (Å²) in [7, 11) is 0. The second-order valence-electron chi connectivity index (χ2n) is 2.91. The first kappa shape index (κ1) is 44.1. The van der Waals surface area contributed by atoms with Gasteiger partial charge >= 0.3 is 17.1 Å². The van der Waals surface area contributed by atoms with Crippen molar-refractivity contribution in [3.63, 3.8) is 0 Å². The predicted molar refractivity (Wildman–Crippen MR) is 75.4 cm³/mol. The molecule has 0 saturated heterocycles. The summed E-state index contributed by atoms with van der Waals surface area (Å²) in [6.07, 6.45) is 2.31. The third-order valence-corrected chi connectivity index (χ3v) is 1.07. The van der Waals surface area contributed by atoms with Crippen LogP contribution in [-0.4, -0.2) is 35.8 Å². The molecule has 1 radical (unpaired) electrons. The molecule has 0 heterocycles. The van der Waals surface area contributed by atoms with Crippen LogP contribution in [0, 0.1) is 0 Å². The van der Waals surface area contributed by atoms with Gasteiger partial charge in [-0.1, -0.05) is 0 Å². The summed E-state index contributed by atoms with van der Waals surface area (Å²) in [4.78, 5) is 56.5. The third-order valence-electron chi connectivity index (χ3n) is 1.07. The Hall–Kier alpha value is -3.56. The van der Waals surface area contributed by atoms with Gasteiger partial charge in [0.25, 0.3) is 0 Å². The molecule has 0 aromatic heterocycles. The van der Waals surface area contributed by atoms with E-state index in [4.69, 9.17) is 0 Å². The summed E-state index contributed by atoms with van der Waals surface area (Å²) in [6, 6.07) is 0. The summed E-state index contributed by atoms with van der Waals surface area (Å²) in [5, 5.41) is 56.5. The maximum absolute atomic E-state index is 9.41. The van der Waals surface area contributed by atoms with Crippen LogP contribution in [0.3, 0.4) is 0 Å². The van der Waals surface area contributed by atoms with E-state index in [1.165, 1.54) is 0 Å². The van der Waals surface area contributed by atoms with Crippen molar-refractivity contribution < 1.29 is 76.5 Å². The summed E-state index contributed by atoms with van der Waals surface area (Å²) in [6.45, 7) is 0. The largest absolute Gasteiger partial charge is 3.00 e. The second kappa shape index (κ2) is 28.3. The fraction of sp³-hybridized carbons (Fsp3) is 0. The smallest absolute Gasteiger partial charge is 0.545 e. The summed E-state index contributed by atoms with van der Waals surface area (Å²) >= 11 is 0. The Morgan fingerprint density at radius 1 is 0.357 bits per heavy atom. The van der Waals surface area contributed by atoms with Gasteiger partial charge in [-0.3, -0.25) is 0 Å². The number of rotatable bonds is 6. The Morgan fingerprint density at radius 2 is 0.429 bits per heavy atom. The van der Waals surface area contributed by atoms with Gasteiger partial charge in [0.2, 0.25) is 0 Å². The molecule has 0 atom stereocenters. The molecule has 0 aliphatic carbocycles. The fourth-order valence-electron chi connectivity index (χ4n) is 0.408. The molecule has 0 unspecified atom stereocenters. The molecule has 0 aliphatic rings. The predicted octanol–water partition coefficient (Wildman–Crippen LogP) is -7.75. The van der Waals surface area contributed by atoms with Gasteiger partial charge in [0.15, 0.2) is 0 Å². The van der Waals surface area contributed by atoms with Crippen molar-refractivity contribution in [1.82, 2.24) is 18.5 Å². The van der Waals surface area contributed by atoms with Crippen LogP contribution in [0.4, 0.5) is 0 Å². The van der Waals surface area contributed by atoms with Crippen molar-refractivity contribution in [3.8, 4) is 0 Å². The van der Waals surface area contributed by atoms with E-state index in [1.807, 2.05) is 0 Å². The standard InChI is InChI=1S/3C4H4O4.Fe.3H3N/c3*5-3(6)1-2-4(7)8;;;;/h3*1-2H,(H,5,6)(H,7,8);;3*1H3/q;;;+3;;;/p-3/b3*2-1+;;;;. The Balaban J connectivity index is -0.0000000441. The van der Waals surface area contributed by atoms with E-state index < -0.39 is 35.8 Å². The Bertz CT molecular complexity index is 458. The second-order valence-corrected chi connectivity index (χ2v) is 2.91. The molecule has 0 rings (SSSR count). The van der Waals surface area contributed by atoms with E-state index in [1.54, 1.807) is 0 Å². The van der Waals surface area contributed by atoms with Crippen molar-refractivity contribution in [3.05, 3.63) is 36.5 Å². The number of aliphatic carboxylic acids is 6. The van der Waals surface area contributed by atoms with Crippen molar-refractivity contribution in [1.29, 1.82) is 0 Å². The first-order valence-corrected chi connectivity index (χ1v) is 5.18. The topological polar surface area (TPSA) is 350 Å². The number of hydrogen-bond acceptors (Lipinski definition) is 12. The van der Waals surface area contributed by atoms with Crippen LogP contribution < -0.4 is 49.1 Å². The average Bonchev–Trinajstić information content (AvgIpc) is 2.42. The minimum Gasteiger partial charge on any atom is -0.545 e. The number of hydrogen-bond donors (Lipinski definition) is 3. The summed E-state index contributed by atoms with van der Waals surface area (Å²) < 4.78 is 0. The zero-order valence-electron chi connectivity index (χ0n) is 14.7. The average molecular weight is 452 g/mol. The van der Waals surface area contributed by atoms with Gasteiger partial charge in [0.05, 0.1) is 35.8 Å². The number of carbonyl (C=O) groups is 6. The zero-order chi connectivity index (χ0) is 19.7. The van der Waals surface area contributed by atoms with Gasteiger partial charge in [-0.2, -0.15) is 0 Å². The maximum Gasteiger partial charge on any atom is 3.00 e. The van der Waals surface area contributed by atoms with Crippen molar-refractivity contribution in [2.75, 3.05) is 0 Å². The fourth-order valence-corrected chi connectivity index (χ4v) is 0.408. The van der Waals surface area contributed by atoms with Gasteiger partial charge in [-0.15, -0.1) is 0 Å². The molecular formula is C12H18FeN3O12. The van der Waals surface area contributed by atoms with Crippen molar-refractivity contribution in [2.24, 2.45) is 0 Å². The van der Waals surface area contributed by atoms with E-state index in [0.29, 0.717) is 36.5 Å². The number of carbonyl (C=O) groups excluding carboxylic acids is 6. The molecule has 0 saturated carbocycles. The molecule has 12 N–H and O–H groups in total. The van der Waals surface area contributed by atoms with Crippen LogP contribution in [0.25, 0.3) is 0 Å². The molecule has 16 heteroatoms. The van der Waals surface area contributed by atoms with Gasteiger partial charge < -0.3 is 77.9 Å². The van der Waals surface area contributed by atoms with Crippen LogP contribution in [0.5, 0.6) is 0 Å². The Morgan fingerprint density at radius 3 is 0.464 bits per heavy atom.